The Kier molecular flexibility index (Phi) is 6.58. The molecule has 1 saturated heterocycles. The third-order valence-corrected chi connectivity index (χ3v) is 5.40. The average molecular weight is 424 g/mol. The standard InChI is InChI=1S/C21H25FN8O/c1-28-10-12-29(13-11-28)19(16-2-4-18(22)5-3-16)14-24-20(31)15-30-26-21(25-27-30)17-6-8-23-9-7-17/h2-9,19H,10-15H2,1H3,(H,24,31). The van der Waals surface area contributed by atoms with Crippen LogP contribution in [0, 0.1) is 5.82 Å². The molecule has 3 heterocycles. The molecule has 0 spiro atoms. The first-order valence-electron chi connectivity index (χ1n) is 10.2. The summed E-state index contributed by atoms with van der Waals surface area (Å²) < 4.78 is 13.4. The normalized spacial score (nSPS) is 16.2. The number of amides is 1. The fraction of sp³-hybridized carbons (Fsp3) is 0.381. The summed E-state index contributed by atoms with van der Waals surface area (Å²) in [5.41, 5.74) is 1.76. The van der Waals surface area contributed by atoms with Gasteiger partial charge in [-0.3, -0.25) is 14.7 Å². The Labute approximate surface area is 179 Å². The highest BCUT2D eigenvalue weighted by molar-refractivity contribution is 5.75. The summed E-state index contributed by atoms with van der Waals surface area (Å²) in [5, 5.41) is 15.2. The van der Waals surface area contributed by atoms with Gasteiger partial charge in [0.05, 0.1) is 6.04 Å². The van der Waals surface area contributed by atoms with E-state index >= 15 is 0 Å². The second kappa shape index (κ2) is 9.71. The summed E-state index contributed by atoms with van der Waals surface area (Å²) in [4.78, 5) is 22.4. The number of piperazine rings is 1. The van der Waals surface area contributed by atoms with Crippen molar-refractivity contribution in [1.82, 2.24) is 40.3 Å². The number of aromatic nitrogens is 5. The Balaban J connectivity index is 1.39. The number of likely N-dealkylation sites (N-methyl/N-ethyl adjacent to an activating group) is 1. The van der Waals surface area contributed by atoms with Gasteiger partial charge in [-0.25, -0.2) is 4.39 Å². The molecular weight excluding hydrogens is 399 g/mol. The molecule has 0 bridgehead atoms. The van der Waals surface area contributed by atoms with Crippen molar-refractivity contribution in [3.8, 4) is 11.4 Å². The van der Waals surface area contributed by atoms with Crippen molar-refractivity contribution < 1.29 is 9.18 Å². The molecule has 1 amide bonds. The number of rotatable bonds is 7. The zero-order valence-corrected chi connectivity index (χ0v) is 17.4. The van der Waals surface area contributed by atoms with Crippen LogP contribution in [0.3, 0.4) is 0 Å². The molecule has 0 aliphatic carbocycles. The average Bonchev–Trinajstić information content (AvgIpc) is 3.25. The largest absolute Gasteiger partial charge is 0.353 e. The van der Waals surface area contributed by atoms with Gasteiger partial charge in [0.1, 0.15) is 12.4 Å². The quantitative estimate of drug-likeness (QED) is 0.604. The molecule has 3 aromatic rings. The first-order valence-corrected chi connectivity index (χ1v) is 10.2. The van der Waals surface area contributed by atoms with Gasteiger partial charge >= 0.3 is 0 Å². The number of carbonyl (C=O) groups is 1. The summed E-state index contributed by atoms with van der Waals surface area (Å²) in [6.45, 7) is 4.05. The predicted molar refractivity (Wildman–Crippen MR) is 112 cm³/mol. The zero-order valence-electron chi connectivity index (χ0n) is 17.4. The summed E-state index contributed by atoms with van der Waals surface area (Å²) in [5.74, 6) is -0.0380. The summed E-state index contributed by atoms with van der Waals surface area (Å²) in [7, 11) is 2.09. The van der Waals surface area contributed by atoms with Crippen molar-refractivity contribution in [1.29, 1.82) is 0 Å². The maximum Gasteiger partial charge on any atom is 0.243 e. The molecule has 1 fully saturated rings. The van der Waals surface area contributed by atoms with Gasteiger partial charge in [-0.2, -0.15) is 4.80 Å². The van der Waals surface area contributed by atoms with Crippen molar-refractivity contribution in [2.45, 2.75) is 12.6 Å². The molecule has 162 valence electrons. The minimum atomic E-state index is -0.271. The highest BCUT2D eigenvalue weighted by Gasteiger charge is 2.24. The van der Waals surface area contributed by atoms with Crippen molar-refractivity contribution >= 4 is 5.91 Å². The predicted octanol–water partition coefficient (Wildman–Crippen LogP) is 0.979. The maximum absolute atomic E-state index is 13.4. The summed E-state index contributed by atoms with van der Waals surface area (Å²) in [6, 6.07) is 10.0. The highest BCUT2D eigenvalue weighted by atomic mass is 19.1. The molecule has 4 rings (SSSR count). The number of benzene rings is 1. The van der Waals surface area contributed by atoms with Crippen LogP contribution in [-0.2, 0) is 11.3 Å². The number of hydrogen-bond acceptors (Lipinski definition) is 7. The number of tetrazole rings is 1. The lowest BCUT2D eigenvalue weighted by atomic mass is 10.0. The van der Waals surface area contributed by atoms with Gasteiger partial charge < -0.3 is 10.2 Å². The number of carbonyl (C=O) groups excluding carboxylic acids is 1. The van der Waals surface area contributed by atoms with Crippen molar-refractivity contribution in [3.05, 3.63) is 60.2 Å². The van der Waals surface area contributed by atoms with Crippen LogP contribution < -0.4 is 5.32 Å². The van der Waals surface area contributed by atoms with Crippen LogP contribution in [0.1, 0.15) is 11.6 Å². The maximum atomic E-state index is 13.4. The molecule has 10 heteroatoms. The fourth-order valence-corrected chi connectivity index (χ4v) is 3.60. The topological polar surface area (TPSA) is 92.1 Å². The van der Waals surface area contributed by atoms with Crippen LogP contribution in [0.15, 0.2) is 48.8 Å². The van der Waals surface area contributed by atoms with Gasteiger partial charge in [0.15, 0.2) is 0 Å². The summed E-state index contributed by atoms with van der Waals surface area (Å²) >= 11 is 0. The van der Waals surface area contributed by atoms with Gasteiger partial charge in [0, 0.05) is 50.7 Å². The van der Waals surface area contributed by atoms with E-state index in [1.807, 2.05) is 0 Å². The van der Waals surface area contributed by atoms with E-state index in [9.17, 15) is 9.18 Å². The van der Waals surface area contributed by atoms with Gasteiger partial charge in [-0.15, -0.1) is 10.2 Å². The Morgan fingerprint density at radius 3 is 2.52 bits per heavy atom. The third kappa shape index (κ3) is 5.47. The lowest BCUT2D eigenvalue weighted by Crippen LogP contribution is -2.48. The lowest BCUT2D eigenvalue weighted by Gasteiger charge is -2.38. The number of halogens is 1. The molecule has 0 radical (unpaired) electrons. The first kappa shape index (κ1) is 21.0. The zero-order chi connectivity index (χ0) is 21.6. The molecule has 1 atom stereocenters. The molecule has 1 unspecified atom stereocenters. The minimum absolute atomic E-state index is 0.0308. The molecular formula is C21H25FN8O. The number of nitrogens with zero attached hydrogens (tertiary/aromatic N) is 7. The van der Waals surface area contributed by atoms with Gasteiger partial charge in [0.2, 0.25) is 11.7 Å². The molecule has 31 heavy (non-hydrogen) atoms. The van der Waals surface area contributed by atoms with Crippen LogP contribution in [0.25, 0.3) is 11.4 Å². The van der Waals surface area contributed by atoms with Crippen LogP contribution in [0.2, 0.25) is 0 Å². The molecule has 0 saturated carbocycles. The van der Waals surface area contributed by atoms with Gasteiger partial charge in [-0.1, -0.05) is 12.1 Å². The van der Waals surface area contributed by atoms with Crippen molar-refractivity contribution in [3.63, 3.8) is 0 Å². The van der Waals surface area contributed by atoms with Crippen LogP contribution in [-0.4, -0.2) is 80.7 Å². The van der Waals surface area contributed by atoms with Crippen molar-refractivity contribution in [2.75, 3.05) is 39.8 Å². The van der Waals surface area contributed by atoms with Gasteiger partial charge in [-0.05, 0) is 42.1 Å². The van der Waals surface area contributed by atoms with Gasteiger partial charge in [0.25, 0.3) is 0 Å². The minimum Gasteiger partial charge on any atom is -0.353 e. The van der Waals surface area contributed by atoms with E-state index < -0.39 is 0 Å². The van der Waals surface area contributed by atoms with E-state index in [0.717, 1.165) is 37.3 Å². The second-order valence-corrected chi connectivity index (χ2v) is 7.59. The number of nitrogens with one attached hydrogen (secondary N) is 1. The molecule has 1 N–H and O–H groups in total. The second-order valence-electron chi connectivity index (χ2n) is 7.59. The van der Waals surface area contributed by atoms with Crippen LogP contribution in [0.4, 0.5) is 4.39 Å². The molecule has 2 aromatic heterocycles. The summed E-state index contributed by atoms with van der Waals surface area (Å²) in [6.07, 6.45) is 3.30. The highest BCUT2D eigenvalue weighted by Crippen LogP contribution is 2.22. The Hall–Kier alpha value is -3.24. The first-order chi connectivity index (χ1) is 15.1. The molecule has 9 nitrogen and oxygen atoms in total. The third-order valence-electron chi connectivity index (χ3n) is 5.40. The molecule has 1 aliphatic rings. The van der Waals surface area contributed by atoms with Crippen LogP contribution in [0.5, 0.6) is 0 Å². The monoisotopic (exact) mass is 424 g/mol. The smallest absolute Gasteiger partial charge is 0.243 e. The van der Waals surface area contributed by atoms with E-state index in [0.29, 0.717) is 12.4 Å². The van der Waals surface area contributed by atoms with Crippen molar-refractivity contribution in [2.24, 2.45) is 0 Å². The molecule has 1 aromatic carbocycles. The van der Waals surface area contributed by atoms with E-state index in [4.69, 9.17) is 0 Å². The van der Waals surface area contributed by atoms with Crippen LogP contribution >= 0.6 is 0 Å². The van der Waals surface area contributed by atoms with E-state index in [-0.39, 0.29) is 24.3 Å². The number of hydrogen-bond donors (Lipinski definition) is 1. The molecule has 1 aliphatic heterocycles. The van der Waals surface area contributed by atoms with E-state index in [1.165, 1.54) is 16.9 Å². The number of pyridine rings is 1. The van der Waals surface area contributed by atoms with E-state index in [1.54, 1.807) is 36.7 Å². The Morgan fingerprint density at radius 1 is 1.10 bits per heavy atom. The Bertz CT molecular complexity index is 986. The Morgan fingerprint density at radius 2 is 1.81 bits per heavy atom. The lowest BCUT2D eigenvalue weighted by molar-refractivity contribution is -0.122. The SMILES string of the molecule is CN1CCN(C(CNC(=O)Cn2nnc(-c3ccncc3)n2)c2ccc(F)cc2)CC1. The fourth-order valence-electron chi connectivity index (χ4n) is 3.60. The van der Waals surface area contributed by atoms with E-state index in [2.05, 4.69) is 42.6 Å².